The summed E-state index contributed by atoms with van der Waals surface area (Å²) in [5, 5.41) is 0. The predicted octanol–water partition coefficient (Wildman–Crippen LogP) is 4.45. The van der Waals surface area contributed by atoms with Crippen LogP contribution in [-0.4, -0.2) is 12.1 Å². The number of hydrogen-bond donors (Lipinski definition) is 1. The second-order valence-electron chi connectivity index (χ2n) is 7.47. The Kier molecular flexibility index (Phi) is 5.05. The lowest BCUT2D eigenvalue weighted by atomic mass is 9.71. The van der Waals surface area contributed by atoms with Gasteiger partial charge in [-0.2, -0.15) is 0 Å². The van der Waals surface area contributed by atoms with E-state index < -0.39 is 0 Å². The third-order valence-electron chi connectivity index (χ3n) is 4.37. The van der Waals surface area contributed by atoms with Crippen molar-refractivity contribution in [2.75, 3.05) is 0 Å². The molecule has 1 aliphatic rings. The van der Waals surface area contributed by atoms with Crippen LogP contribution < -0.4 is 5.73 Å². The molecule has 2 N–H and O–H groups in total. The molecule has 2 nitrogen and oxygen atoms in total. The molecule has 1 aromatic carbocycles. The van der Waals surface area contributed by atoms with E-state index in [1.54, 1.807) is 12.1 Å². The average molecular weight is 293 g/mol. The summed E-state index contributed by atoms with van der Waals surface area (Å²) in [4.78, 5) is 0. The van der Waals surface area contributed by atoms with Crippen LogP contribution in [0, 0.1) is 17.2 Å². The molecule has 1 aromatic rings. The lowest BCUT2D eigenvalue weighted by Crippen LogP contribution is -2.37. The molecule has 0 aromatic heterocycles. The van der Waals surface area contributed by atoms with Crippen LogP contribution >= 0.6 is 0 Å². The minimum absolute atomic E-state index is 0.152. The summed E-state index contributed by atoms with van der Waals surface area (Å²) in [5.41, 5.74) is 6.92. The van der Waals surface area contributed by atoms with Crippen molar-refractivity contribution in [3.05, 3.63) is 35.6 Å². The Morgan fingerprint density at radius 1 is 1.29 bits per heavy atom. The van der Waals surface area contributed by atoms with E-state index in [-0.39, 0.29) is 29.5 Å². The van der Waals surface area contributed by atoms with Crippen molar-refractivity contribution in [3.63, 3.8) is 0 Å². The van der Waals surface area contributed by atoms with Gasteiger partial charge in [0.25, 0.3) is 0 Å². The Labute approximate surface area is 127 Å². The molecule has 0 heterocycles. The van der Waals surface area contributed by atoms with Crippen molar-refractivity contribution in [1.82, 2.24) is 0 Å². The van der Waals surface area contributed by atoms with Gasteiger partial charge in [0.2, 0.25) is 0 Å². The molecule has 21 heavy (non-hydrogen) atoms. The van der Waals surface area contributed by atoms with Gasteiger partial charge in [0, 0.05) is 11.6 Å². The van der Waals surface area contributed by atoms with E-state index in [1.165, 1.54) is 12.5 Å². The summed E-state index contributed by atoms with van der Waals surface area (Å²) in [6, 6.07) is 6.55. The SMILES string of the molecule is CC1CC(OC(c2ccccc2F)C(C)N)CC(C)(C)C1. The summed E-state index contributed by atoms with van der Waals surface area (Å²) >= 11 is 0. The van der Waals surface area contributed by atoms with Gasteiger partial charge in [0.1, 0.15) is 11.9 Å². The standard InChI is InChI=1S/C18H28FNO/c1-12-9-14(11-18(3,4)10-12)21-17(13(2)20)15-7-5-6-8-16(15)19/h5-8,12-14,17H,9-11,20H2,1-4H3. The molecule has 1 fully saturated rings. The first-order valence-electron chi connectivity index (χ1n) is 7.94. The number of nitrogens with two attached hydrogens (primary N) is 1. The first-order valence-corrected chi connectivity index (χ1v) is 7.94. The van der Waals surface area contributed by atoms with Crippen LogP contribution in [0.3, 0.4) is 0 Å². The Morgan fingerprint density at radius 2 is 1.95 bits per heavy atom. The number of hydrogen-bond acceptors (Lipinski definition) is 2. The van der Waals surface area contributed by atoms with Crippen molar-refractivity contribution in [1.29, 1.82) is 0 Å². The predicted molar refractivity (Wildman–Crippen MR) is 84.5 cm³/mol. The summed E-state index contributed by atoms with van der Waals surface area (Å²) < 4.78 is 20.3. The molecule has 0 spiro atoms. The van der Waals surface area contributed by atoms with Crippen LogP contribution in [-0.2, 0) is 4.74 Å². The molecular formula is C18H28FNO. The van der Waals surface area contributed by atoms with Crippen molar-refractivity contribution >= 4 is 0 Å². The van der Waals surface area contributed by atoms with E-state index in [1.807, 2.05) is 13.0 Å². The van der Waals surface area contributed by atoms with Gasteiger partial charge in [-0.1, -0.05) is 39.0 Å². The van der Waals surface area contributed by atoms with E-state index >= 15 is 0 Å². The maximum absolute atomic E-state index is 14.0. The minimum atomic E-state index is -0.378. The van der Waals surface area contributed by atoms with Crippen molar-refractivity contribution < 1.29 is 9.13 Å². The quantitative estimate of drug-likeness (QED) is 0.890. The second kappa shape index (κ2) is 6.45. The van der Waals surface area contributed by atoms with Gasteiger partial charge in [-0.05, 0) is 43.6 Å². The first kappa shape index (κ1) is 16.4. The Hall–Kier alpha value is -0.930. The smallest absolute Gasteiger partial charge is 0.129 e. The first-order chi connectivity index (χ1) is 9.78. The number of halogens is 1. The Balaban J connectivity index is 2.16. The molecule has 4 atom stereocenters. The molecule has 4 unspecified atom stereocenters. The summed E-state index contributed by atoms with van der Waals surface area (Å²) in [6.45, 7) is 8.71. The lowest BCUT2D eigenvalue weighted by molar-refractivity contribution is -0.0749. The van der Waals surface area contributed by atoms with Crippen molar-refractivity contribution in [3.8, 4) is 0 Å². The van der Waals surface area contributed by atoms with Crippen LogP contribution in [0.15, 0.2) is 24.3 Å². The van der Waals surface area contributed by atoms with Crippen LogP contribution in [0.25, 0.3) is 0 Å². The molecule has 2 rings (SSSR count). The van der Waals surface area contributed by atoms with Gasteiger partial charge in [-0.3, -0.25) is 0 Å². The van der Waals surface area contributed by atoms with Gasteiger partial charge in [-0.15, -0.1) is 0 Å². The van der Waals surface area contributed by atoms with Crippen LogP contribution in [0.1, 0.15) is 58.6 Å². The Morgan fingerprint density at radius 3 is 2.52 bits per heavy atom. The maximum atomic E-state index is 14.0. The molecule has 0 amide bonds. The van der Waals surface area contributed by atoms with Gasteiger partial charge in [0.05, 0.1) is 6.10 Å². The van der Waals surface area contributed by atoms with Crippen LogP contribution in [0.4, 0.5) is 4.39 Å². The van der Waals surface area contributed by atoms with Gasteiger partial charge in [0.15, 0.2) is 0 Å². The van der Waals surface area contributed by atoms with Gasteiger partial charge < -0.3 is 10.5 Å². The molecule has 118 valence electrons. The highest BCUT2D eigenvalue weighted by Gasteiger charge is 2.35. The fraction of sp³-hybridized carbons (Fsp3) is 0.667. The monoisotopic (exact) mass is 293 g/mol. The van der Waals surface area contributed by atoms with E-state index in [9.17, 15) is 4.39 Å². The molecule has 0 saturated heterocycles. The highest BCUT2D eigenvalue weighted by molar-refractivity contribution is 5.21. The number of benzene rings is 1. The molecule has 0 aliphatic heterocycles. The second-order valence-corrected chi connectivity index (χ2v) is 7.47. The number of ether oxygens (including phenoxy) is 1. The topological polar surface area (TPSA) is 35.2 Å². The van der Waals surface area contributed by atoms with Gasteiger partial charge >= 0.3 is 0 Å². The maximum Gasteiger partial charge on any atom is 0.129 e. The summed E-state index contributed by atoms with van der Waals surface area (Å²) in [5.74, 6) is 0.399. The lowest BCUT2D eigenvalue weighted by Gasteiger charge is -2.40. The zero-order valence-electron chi connectivity index (χ0n) is 13.6. The third-order valence-corrected chi connectivity index (χ3v) is 4.37. The zero-order chi connectivity index (χ0) is 15.6. The minimum Gasteiger partial charge on any atom is -0.369 e. The average Bonchev–Trinajstić information content (AvgIpc) is 2.34. The van der Waals surface area contributed by atoms with Gasteiger partial charge in [-0.25, -0.2) is 4.39 Å². The normalized spacial score (nSPS) is 28.1. The number of rotatable bonds is 4. The molecule has 0 bridgehead atoms. The summed E-state index contributed by atoms with van der Waals surface area (Å²) in [7, 11) is 0. The summed E-state index contributed by atoms with van der Waals surface area (Å²) in [6.07, 6.45) is 3.03. The van der Waals surface area contributed by atoms with E-state index in [2.05, 4.69) is 20.8 Å². The molecular weight excluding hydrogens is 265 g/mol. The van der Waals surface area contributed by atoms with Crippen LogP contribution in [0.2, 0.25) is 0 Å². The highest BCUT2D eigenvalue weighted by atomic mass is 19.1. The fourth-order valence-corrected chi connectivity index (χ4v) is 3.76. The largest absolute Gasteiger partial charge is 0.369 e. The Bertz CT molecular complexity index is 472. The highest BCUT2D eigenvalue weighted by Crippen LogP contribution is 2.41. The van der Waals surface area contributed by atoms with Crippen LogP contribution in [0.5, 0.6) is 0 Å². The molecule has 3 heteroatoms. The van der Waals surface area contributed by atoms with E-state index in [0.717, 1.165) is 12.8 Å². The van der Waals surface area contributed by atoms with E-state index in [4.69, 9.17) is 10.5 Å². The molecule has 1 aliphatic carbocycles. The molecule has 0 radical (unpaired) electrons. The molecule has 1 saturated carbocycles. The van der Waals surface area contributed by atoms with Crippen molar-refractivity contribution in [2.45, 2.75) is 65.2 Å². The third kappa shape index (κ3) is 4.27. The van der Waals surface area contributed by atoms with E-state index in [0.29, 0.717) is 11.5 Å². The zero-order valence-corrected chi connectivity index (χ0v) is 13.6. The van der Waals surface area contributed by atoms with Crippen molar-refractivity contribution in [2.24, 2.45) is 17.1 Å². The fourth-order valence-electron chi connectivity index (χ4n) is 3.76.